The average molecular weight is 441 g/mol. The fraction of sp³-hybridized carbons (Fsp3) is 0.227. The van der Waals surface area contributed by atoms with Crippen molar-refractivity contribution in [3.05, 3.63) is 69.1 Å². The summed E-state index contributed by atoms with van der Waals surface area (Å²) in [5, 5.41) is 17.0. The van der Waals surface area contributed by atoms with Crippen LogP contribution in [0, 0.1) is 6.92 Å². The fourth-order valence-corrected chi connectivity index (χ4v) is 5.15. The molecule has 7 heteroatoms. The normalized spacial score (nSPS) is 14.2. The van der Waals surface area contributed by atoms with Crippen LogP contribution in [0.5, 0.6) is 0 Å². The molecule has 0 N–H and O–H groups in total. The Morgan fingerprint density at radius 2 is 1.83 bits per heavy atom. The van der Waals surface area contributed by atoms with Crippen LogP contribution in [0.25, 0.3) is 27.6 Å². The fourth-order valence-electron chi connectivity index (χ4n) is 3.61. The molecule has 1 saturated carbocycles. The zero-order valence-electron chi connectivity index (χ0n) is 15.8. The van der Waals surface area contributed by atoms with Crippen molar-refractivity contribution in [1.29, 1.82) is 0 Å². The molecule has 1 aliphatic carbocycles. The second kappa shape index (κ2) is 7.56. The Kier molecular flexibility index (Phi) is 4.90. The minimum Gasteiger partial charge on any atom is -0.231 e. The molecule has 146 valence electrons. The van der Waals surface area contributed by atoms with E-state index >= 15 is 0 Å². The summed E-state index contributed by atoms with van der Waals surface area (Å²) in [5.41, 5.74) is 4.74. The quantitative estimate of drug-likeness (QED) is 0.345. The van der Waals surface area contributed by atoms with Gasteiger partial charge >= 0.3 is 0 Å². The second-order valence-electron chi connectivity index (χ2n) is 7.27. The van der Waals surface area contributed by atoms with Gasteiger partial charge in [-0.1, -0.05) is 71.3 Å². The lowest BCUT2D eigenvalue weighted by Gasteiger charge is -2.21. The first kappa shape index (κ1) is 18.8. The third-order valence-electron chi connectivity index (χ3n) is 5.40. The van der Waals surface area contributed by atoms with Gasteiger partial charge in [-0.2, -0.15) is 5.10 Å². The number of halogens is 2. The van der Waals surface area contributed by atoms with Gasteiger partial charge in [-0.05, 0) is 38.0 Å². The standard InChI is InChI=1S/C22H18Cl2N4S/c1-13-19(22-26-25-21(29-22)15-8-5-9-15)27-28(18-11-10-16(23)12-17(18)24)20(13)14-6-3-2-4-7-14/h2-4,6-7,10-12,15H,5,8-9H2,1H3. The van der Waals surface area contributed by atoms with Gasteiger partial charge in [0.1, 0.15) is 10.7 Å². The van der Waals surface area contributed by atoms with Gasteiger partial charge in [0.25, 0.3) is 0 Å². The zero-order chi connectivity index (χ0) is 20.0. The van der Waals surface area contributed by atoms with E-state index in [9.17, 15) is 0 Å². The Balaban J connectivity index is 1.69. The summed E-state index contributed by atoms with van der Waals surface area (Å²) in [5.74, 6) is 0.558. The molecular weight excluding hydrogens is 423 g/mol. The van der Waals surface area contributed by atoms with Gasteiger partial charge < -0.3 is 0 Å². The highest BCUT2D eigenvalue weighted by Gasteiger charge is 2.26. The van der Waals surface area contributed by atoms with Gasteiger partial charge in [-0.3, -0.25) is 0 Å². The van der Waals surface area contributed by atoms with Crippen molar-refractivity contribution in [3.63, 3.8) is 0 Å². The summed E-state index contributed by atoms with van der Waals surface area (Å²) >= 11 is 14.3. The van der Waals surface area contributed by atoms with Crippen LogP contribution in [0.15, 0.2) is 48.5 Å². The molecule has 2 aromatic heterocycles. The van der Waals surface area contributed by atoms with E-state index in [-0.39, 0.29) is 0 Å². The summed E-state index contributed by atoms with van der Waals surface area (Å²) in [6, 6.07) is 15.7. The number of hydrogen-bond acceptors (Lipinski definition) is 4. The van der Waals surface area contributed by atoms with Crippen molar-refractivity contribution in [3.8, 4) is 27.6 Å². The molecule has 2 heterocycles. The van der Waals surface area contributed by atoms with Gasteiger partial charge in [0.05, 0.1) is 16.4 Å². The molecule has 0 bridgehead atoms. The van der Waals surface area contributed by atoms with Crippen LogP contribution in [0.2, 0.25) is 10.0 Å². The molecule has 0 saturated heterocycles. The third kappa shape index (κ3) is 3.37. The lowest BCUT2D eigenvalue weighted by molar-refractivity contribution is 0.416. The van der Waals surface area contributed by atoms with Crippen LogP contribution in [0.4, 0.5) is 0 Å². The predicted octanol–water partition coefficient (Wildman–Crippen LogP) is 6.94. The monoisotopic (exact) mass is 440 g/mol. The summed E-state index contributed by atoms with van der Waals surface area (Å²) in [4.78, 5) is 0. The molecule has 5 rings (SSSR count). The summed E-state index contributed by atoms with van der Waals surface area (Å²) in [6.07, 6.45) is 3.69. The summed E-state index contributed by atoms with van der Waals surface area (Å²) in [7, 11) is 0. The Hall–Kier alpha value is -2.21. The Bertz CT molecular complexity index is 1180. The maximum Gasteiger partial charge on any atom is 0.168 e. The Labute approximate surface area is 183 Å². The highest BCUT2D eigenvalue weighted by atomic mass is 35.5. The summed E-state index contributed by atoms with van der Waals surface area (Å²) in [6.45, 7) is 2.08. The lowest BCUT2D eigenvalue weighted by Crippen LogP contribution is -2.07. The predicted molar refractivity (Wildman–Crippen MR) is 119 cm³/mol. The van der Waals surface area contributed by atoms with Crippen LogP contribution < -0.4 is 0 Å². The molecule has 1 fully saturated rings. The van der Waals surface area contributed by atoms with Crippen LogP contribution in [0.1, 0.15) is 35.8 Å². The van der Waals surface area contributed by atoms with E-state index in [0.29, 0.717) is 16.0 Å². The molecule has 0 unspecified atom stereocenters. The maximum atomic E-state index is 6.53. The number of aromatic nitrogens is 4. The topological polar surface area (TPSA) is 43.6 Å². The SMILES string of the molecule is Cc1c(-c2nnc(C3CCC3)s2)nn(-c2ccc(Cl)cc2Cl)c1-c1ccccc1. The minimum atomic E-state index is 0.552. The Morgan fingerprint density at radius 1 is 1.03 bits per heavy atom. The lowest BCUT2D eigenvalue weighted by atomic mass is 9.86. The molecule has 0 amide bonds. The molecule has 0 spiro atoms. The van der Waals surface area contributed by atoms with Gasteiger partial charge in [0.2, 0.25) is 0 Å². The molecule has 1 aliphatic rings. The highest BCUT2D eigenvalue weighted by molar-refractivity contribution is 7.14. The highest BCUT2D eigenvalue weighted by Crippen LogP contribution is 2.41. The van der Waals surface area contributed by atoms with Crippen LogP contribution in [0.3, 0.4) is 0 Å². The van der Waals surface area contributed by atoms with Crippen molar-refractivity contribution >= 4 is 34.5 Å². The molecule has 29 heavy (non-hydrogen) atoms. The number of hydrogen-bond donors (Lipinski definition) is 0. The third-order valence-corrected chi connectivity index (χ3v) is 7.04. The number of rotatable bonds is 4. The molecule has 0 radical (unpaired) electrons. The van der Waals surface area contributed by atoms with Crippen LogP contribution in [-0.2, 0) is 0 Å². The average Bonchev–Trinajstić information content (AvgIpc) is 3.26. The Morgan fingerprint density at radius 3 is 2.52 bits per heavy atom. The maximum absolute atomic E-state index is 6.53. The van der Waals surface area contributed by atoms with Crippen LogP contribution in [-0.4, -0.2) is 20.0 Å². The first-order chi connectivity index (χ1) is 14.1. The smallest absolute Gasteiger partial charge is 0.168 e. The molecule has 2 aromatic carbocycles. The van der Waals surface area contributed by atoms with Crippen molar-refractivity contribution in [2.75, 3.05) is 0 Å². The van der Waals surface area contributed by atoms with Crippen molar-refractivity contribution in [1.82, 2.24) is 20.0 Å². The number of nitrogens with zero attached hydrogens (tertiary/aromatic N) is 4. The van der Waals surface area contributed by atoms with E-state index in [1.54, 1.807) is 17.4 Å². The van der Waals surface area contributed by atoms with E-state index in [4.69, 9.17) is 28.3 Å². The zero-order valence-corrected chi connectivity index (χ0v) is 18.1. The van der Waals surface area contributed by atoms with Gasteiger partial charge in [0.15, 0.2) is 5.01 Å². The van der Waals surface area contributed by atoms with Gasteiger partial charge in [-0.15, -0.1) is 10.2 Å². The van der Waals surface area contributed by atoms with E-state index in [1.165, 1.54) is 19.3 Å². The molecular formula is C22H18Cl2N4S. The molecule has 4 nitrogen and oxygen atoms in total. The van der Waals surface area contributed by atoms with Crippen molar-refractivity contribution < 1.29 is 0 Å². The number of benzene rings is 2. The van der Waals surface area contributed by atoms with E-state index < -0.39 is 0 Å². The van der Waals surface area contributed by atoms with Crippen molar-refractivity contribution in [2.24, 2.45) is 0 Å². The van der Waals surface area contributed by atoms with E-state index in [1.807, 2.05) is 35.0 Å². The van der Waals surface area contributed by atoms with Gasteiger partial charge in [-0.25, -0.2) is 4.68 Å². The molecule has 0 aliphatic heterocycles. The van der Waals surface area contributed by atoms with Gasteiger partial charge in [0, 0.05) is 22.1 Å². The van der Waals surface area contributed by atoms with E-state index in [2.05, 4.69) is 29.3 Å². The molecule has 4 aromatic rings. The second-order valence-corrected chi connectivity index (χ2v) is 9.12. The summed E-state index contributed by atoms with van der Waals surface area (Å²) < 4.78 is 1.89. The van der Waals surface area contributed by atoms with Crippen LogP contribution >= 0.6 is 34.5 Å². The first-order valence-corrected chi connectivity index (χ1v) is 11.1. The first-order valence-electron chi connectivity index (χ1n) is 9.56. The largest absolute Gasteiger partial charge is 0.231 e. The van der Waals surface area contributed by atoms with E-state index in [0.717, 1.165) is 38.2 Å². The molecule has 0 atom stereocenters. The van der Waals surface area contributed by atoms with Crippen molar-refractivity contribution in [2.45, 2.75) is 32.1 Å². The minimum absolute atomic E-state index is 0.552.